The molecule has 14 heavy (non-hydrogen) atoms. The molecule has 1 aromatic carbocycles. The Morgan fingerprint density at radius 2 is 1.93 bits per heavy atom. The first-order valence-corrected chi connectivity index (χ1v) is 5.05. The second-order valence-electron chi connectivity index (χ2n) is 4.05. The maximum atomic E-state index is 3.44. The van der Waals surface area contributed by atoms with Crippen molar-refractivity contribution in [2.75, 3.05) is 32.5 Å². The summed E-state index contributed by atoms with van der Waals surface area (Å²) in [6.07, 6.45) is 0. The summed E-state index contributed by atoms with van der Waals surface area (Å²) < 4.78 is 0. The van der Waals surface area contributed by atoms with E-state index in [2.05, 4.69) is 56.4 Å². The number of rotatable bonds is 4. The molecule has 0 fully saturated rings. The summed E-state index contributed by atoms with van der Waals surface area (Å²) in [5.74, 6) is 0. The Hall–Kier alpha value is -1.02. The second kappa shape index (κ2) is 5.01. The summed E-state index contributed by atoms with van der Waals surface area (Å²) in [7, 11) is 4.18. The van der Waals surface area contributed by atoms with E-state index in [1.807, 2.05) is 0 Å². The van der Waals surface area contributed by atoms with Crippen LogP contribution < -0.4 is 5.32 Å². The summed E-state index contributed by atoms with van der Waals surface area (Å²) in [5, 5.41) is 3.44. The molecule has 0 aromatic heterocycles. The van der Waals surface area contributed by atoms with Gasteiger partial charge in [-0.2, -0.15) is 0 Å². The quantitative estimate of drug-likeness (QED) is 0.787. The Bertz CT molecular complexity index is 292. The molecule has 0 saturated heterocycles. The molecular formula is C12H20N2. The number of hydrogen-bond acceptors (Lipinski definition) is 2. The van der Waals surface area contributed by atoms with Crippen molar-refractivity contribution in [2.45, 2.75) is 13.8 Å². The smallest absolute Gasteiger partial charge is 0.0372 e. The van der Waals surface area contributed by atoms with Gasteiger partial charge in [0.2, 0.25) is 0 Å². The van der Waals surface area contributed by atoms with Gasteiger partial charge in [-0.05, 0) is 45.1 Å². The van der Waals surface area contributed by atoms with Gasteiger partial charge in [0.05, 0.1) is 0 Å². The van der Waals surface area contributed by atoms with E-state index in [1.54, 1.807) is 0 Å². The third-order valence-electron chi connectivity index (χ3n) is 2.27. The zero-order chi connectivity index (χ0) is 10.6. The lowest BCUT2D eigenvalue weighted by molar-refractivity contribution is 0.425. The molecule has 0 unspecified atom stereocenters. The summed E-state index contributed by atoms with van der Waals surface area (Å²) in [6.45, 7) is 6.32. The first-order valence-electron chi connectivity index (χ1n) is 5.05. The Morgan fingerprint density at radius 3 is 2.57 bits per heavy atom. The first kappa shape index (κ1) is 11.1. The highest BCUT2D eigenvalue weighted by Gasteiger charge is 1.97. The van der Waals surface area contributed by atoms with Gasteiger partial charge in [0, 0.05) is 18.8 Å². The number of aryl methyl sites for hydroxylation is 2. The van der Waals surface area contributed by atoms with Crippen molar-refractivity contribution in [1.29, 1.82) is 0 Å². The molecule has 0 spiro atoms. The normalized spacial score (nSPS) is 10.6. The van der Waals surface area contributed by atoms with Crippen molar-refractivity contribution in [1.82, 2.24) is 4.90 Å². The van der Waals surface area contributed by atoms with E-state index in [0.717, 1.165) is 13.1 Å². The number of nitrogens with zero attached hydrogens (tertiary/aromatic N) is 1. The van der Waals surface area contributed by atoms with Gasteiger partial charge >= 0.3 is 0 Å². The van der Waals surface area contributed by atoms with Gasteiger partial charge in [0.15, 0.2) is 0 Å². The molecular weight excluding hydrogens is 172 g/mol. The summed E-state index contributed by atoms with van der Waals surface area (Å²) in [6, 6.07) is 6.50. The molecule has 1 N–H and O–H groups in total. The Labute approximate surface area is 86.9 Å². The largest absolute Gasteiger partial charge is 0.384 e. The highest BCUT2D eigenvalue weighted by molar-refractivity contribution is 5.52. The van der Waals surface area contributed by atoms with E-state index in [1.165, 1.54) is 16.8 Å². The van der Waals surface area contributed by atoms with Crippen LogP contribution in [0.4, 0.5) is 5.69 Å². The Kier molecular flexibility index (Phi) is 3.96. The first-order chi connectivity index (χ1) is 6.59. The van der Waals surface area contributed by atoms with Crippen molar-refractivity contribution in [2.24, 2.45) is 0 Å². The van der Waals surface area contributed by atoms with Crippen LogP contribution in [0.1, 0.15) is 11.1 Å². The van der Waals surface area contributed by atoms with E-state index in [-0.39, 0.29) is 0 Å². The van der Waals surface area contributed by atoms with Crippen molar-refractivity contribution in [3.8, 4) is 0 Å². The van der Waals surface area contributed by atoms with Gasteiger partial charge in [-0.25, -0.2) is 0 Å². The fraction of sp³-hybridized carbons (Fsp3) is 0.500. The fourth-order valence-electron chi connectivity index (χ4n) is 1.34. The zero-order valence-electron chi connectivity index (χ0n) is 9.59. The predicted molar refractivity (Wildman–Crippen MR) is 63.0 cm³/mol. The molecule has 0 bridgehead atoms. The molecule has 2 heteroatoms. The molecule has 0 heterocycles. The number of hydrogen-bond donors (Lipinski definition) is 1. The fourth-order valence-corrected chi connectivity index (χ4v) is 1.34. The molecule has 1 aromatic rings. The third kappa shape index (κ3) is 3.38. The second-order valence-corrected chi connectivity index (χ2v) is 4.05. The maximum Gasteiger partial charge on any atom is 0.0372 e. The molecule has 0 amide bonds. The highest BCUT2D eigenvalue weighted by atomic mass is 15.1. The predicted octanol–water partition coefficient (Wildman–Crippen LogP) is 2.28. The van der Waals surface area contributed by atoms with Crippen LogP contribution in [0.2, 0.25) is 0 Å². The van der Waals surface area contributed by atoms with Crippen LogP contribution in [0.25, 0.3) is 0 Å². The maximum absolute atomic E-state index is 3.44. The minimum Gasteiger partial charge on any atom is -0.384 e. The average Bonchev–Trinajstić information content (AvgIpc) is 2.10. The van der Waals surface area contributed by atoms with E-state index in [9.17, 15) is 0 Å². The van der Waals surface area contributed by atoms with Crippen LogP contribution in [0.3, 0.4) is 0 Å². The lowest BCUT2D eigenvalue weighted by atomic mass is 10.1. The minimum atomic E-state index is 0.997. The van der Waals surface area contributed by atoms with E-state index in [4.69, 9.17) is 0 Å². The van der Waals surface area contributed by atoms with Crippen molar-refractivity contribution >= 4 is 5.69 Å². The lowest BCUT2D eigenvalue weighted by Crippen LogP contribution is -2.21. The molecule has 0 atom stereocenters. The van der Waals surface area contributed by atoms with Gasteiger partial charge in [0.1, 0.15) is 0 Å². The summed E-state index contributed by atoms with van der Waals surface area (Å²) in [4.78, 5) is 2.18. The van der Waals surface area contributed by atoms with Crippen LogP contribution in [0, 0.1) is 13.8 Å². The van der Waals surface area contributed by atoms with E-state index in [0.29, 0.717) is 0 Å². The number of benzene rings is 1. The zero-order valence-corrected chi connectivity index (χ0v) is 9.59. The molecule has 0 aliphatic rings. The Morgan fingerprint density at radius 1 is 1.21 bits per heavy atom. The number of nitrogens with one attached hydrogen (secondary N) is 1. The van der Waals surface area contributed by atoms with Gasteiger partial charge in [-0.3, -0.25) is 0 Å². The van der Waals surface area contributed by atoms with Gasteiger partial charge in [-0.15, -0.1) is 0 Å². The van der Waals surface area contributed by atoms with Crippen molar-refractivity contribution < 1.29 is 0 Å². The van der Waals surface area contributed by atoms with Gasteiger partial charge in [-0.1, -0.05) is 12.1 Å². The number of anilines is 1. The Balaban J connectivity index is 2.53. The topological polar surface area (TPSA) is 15.3 Å². The lowest BCUT2D eigenvalue weighted by Gasteiger charge is -2.13. The van der Waals surface area contributed by atoms with Crippen LogP contribution in [0.5, 0.6) is 0 Å². The molecule has 0 aliphatic heterocycles. The van der Waals surface area contributed by atoms with Gasteiger partial charge < -0.3 is 10.2 Å². The summed E-state index contributed by atoms with van der Waals surface area (Å²) >= 11 is 0. The standard InChI is InChI=1S/C12H20N2/c1-10-5-6-11(2)12(9-10)13-7-8-14(3)4/h5-6,9,13H,7-8H2,1-4H3. The van der Waals surface area contributed by atoms with Crippen molar-refractivity contribution in [3.05, 3.63) is 29.3 Å². The average molecular weight is 192 g/mol. The van der Waals surface area contributed by atoms with Crippen LogP contribution >= 0.6 is 0 Å². The van der Waals surface area contributed by atoms with Crippen LogP contribution in [0.15, 0.2) is 18.2 Å². The minimum absolute atomic E-state index is 0.997. The number of likely N-dealkylation sites (N-methyl/N-ethyl adjacent to an activating group) is 1. The van der Waals surface area contributed by atoms with Gasteiger partial charge in [0.25, 0.3) is 0 Å². The molecule has 78 valence electrons. The third-order valence-corrected chi connectivity index (χ3v) is 2.27. The van der Waals surface area contributed by atoms with Crippen molar-refractivity contribution in [3.63, 3.8) is 0 Å². The molecule has 0 saturated carbocycles. The monoisotopic (exact) mass is 192 g/mol. The summed E-state index contributed by atoms with van der Waals surface area (Å²) in [5.41, 5.74) is 3.88. The SMILES string of the molecule is Cc1ccc(C)c(NCCN(C)C)c1. The molecule has 0 aliphatic carbocycles. The van der Waals surface area contributed by atoms with E-state index < -0.39 is 0 Å². The molecule has 1 rings (SSSR count). The van der Waals surface area contributed by atoms with Crippen LogP contribution in [-0.2, 0) is 0 Å². The highest BCUT2D eigenvalue weighted by Crippen LogP contribution is 2.15. The molecule has 0 radical (unpaired) electrons. The van der Waals surface area contributed by atoms with E-state index >= 15 is 0 Å². The molecule has 2 nitrogen and oxygen atoms in total. The van der Waals surface area contributed by atoms with Crippen LogP contribution in [-0.4, -0.2) is 32.1 Å².